The maximum atomic E-state index is 12.8. The smallest absolute Gasteiger partial charge is 0.339 e. The van der Waals surface area contributed by atoms with Gasteiger partial charge in [-0.25, -0.2) is 9.59 Å². The van der Waals surface area contributed by atoms with E-state index >= 15 is 0 Å². The molecule has 1 atom stereocenters. The molecule has 6 heteroatoms. The Hall–Kier alpha value is -3.15. The van der Waals surface area contributed by atoms with Crippen LogP contribution >= 0.6 is 0 Å². The molecule has 0 radical (unpaired) electrons. The molecule has 2 rings (SSSR count). The maximum Gasteiger partial charge on any atom is 0.339 e. The fourth-order valence-electron chi connectivity index (χ4n) is 2.66. The van der Waals surface area contributed by atoms with Crippen molar-refractivity contribution < 1.29 is 23.9 Å². The number of methoxy groups -OCH3 is 2. The van der Waals surface area contributed by atoms with Gasteiger partial charge in [0.2, 0.25) is 5.91 Å². The number of carbonyl (C=O) groups excluding carboxylic acids is 3. The first-order valence-corrected chi connectivity index (χ1v) is 8.18. The predicted molar refractivity (Wildman–Crippen MR) is 97.2 cm³/mol. The predicted octanol–water partition coefficient (Wildman–Crippen LogP) is 3.39. The fraction of sp³-hybridized carbons (Fsp3) is 0.250. The molecule has 0 saturated carbocycles. The molecule has 0 spiro atoms. The number of anilines is 1. The van der Waals surface area contributed by atoms with Crippen LogP contribution in [0.2, 0.25) is 0 Å². The van der Waals surface area contributed by atoms with E-state index in [0.717, 1.165) is 5.56 Å². The topological polar surface area (TPSA) is 81.7 Å². The molecule has 0 saturated heterocycles. The average molecular weight is 355 g/mol. The number of rotatable bonds is 6. The minimum atomic E-state index is -0.607. The third kappa shape index (κ3) is 4.27. The molecule has 0 aliphatic heterocycles. The Morgan fingerprint density at radius 3 is 2.19 bits per heavy atom. The van der Waals surface area contributed by atoms with E-state index in [4.69, 9.17) is 9.47 Å². The molecular formula is C20H21NO5. The standard InChI is InChI=1S/C20H21NO5/c1-4-15(13-8-6-5-7-9-13)18(22)21-17-12-14(19(23)25-2)10-11-16(17)20(24)26-3/h5-12,15H,4H2,1-3H3,(H,21,22)/t15-/m0/s1. The normalized spacial score (nSPS) is 11.3. The third-order valence-corrected chi connectivity index (χ3v) is 4.03. The van der Waals surface area contributed by atoms with Gasteiger partial charge in [0.1, 0.15) is 0 Å². The van der Waals surface area contributed by atoms with Gasteiger partial charge in [0.05, 0.1) is 37.0 Å². The van der Waals surface area contributed by atoms with Crippen molar-refractivity contribution in [2.75, 3.05) is 19.5 Å². The highest BCUT2D eigenvalue weighted by molar-refractivity contribution is 6.04. The van der Waals surface area contributed by atoms with Crippen molar-refractivity contribution in [3.05, 3.63) is 65.2 Å². The fourth-order valence-corrected chi connectivity index (χ4v) is 2.66. The van der Waals surface area contributed by atoms with Crippen LogP contribution in [-0.2, 0) is 14.3 Å². The summed E-state index contributed by atoms with van der Waals surface area (Å²) >= 11 is 0. The Balaban J connectivity index is 2.37. The quantitative estimate of drug-likeness (QED) is 0.803. The second-order valence-corrected chi connectivity index (χ2v) is 5.60. The van der Waals surface area contributed by atoms with Crippen LogP contribution in [0.15, 0.2) is 48.5 Å². The van der Waals surface area contributed by atoms with E-state index in [1.165, 1.54) is 32.4 Å². The highest BCUT2D eigenvalue weighted by Gasteiger charge is 2.22. The number of nitrogens with one attached hydrogen (secondary N) is 1. The average Bonchev–Trinajstić information content (AvgIpc) is 2.68. The molecule has 0 fully saturated rings. The van der Waals surface area contributed by atoms with Gasteiger partial charge in [-0.15, -0.1) is 0 Å². The van der Waals surface area contributed by atoms with Gasteiger partial charge in [-0.2, -0.15) is 0 Å². The molecule has 0 bridgehead atoms. The number of amides is 1. The van der Waals surface area contributed by atoms with Crippen LogP contribution in [0.1, 0.15) is 45.5 Å². The molecule has 2 aromatic rings. The van der Waals surface area contributed by atoms with Crippen LogP contribution in [0, 0.1) is 0 Å². The Labute approximate surface area is 152 Å². The molecule has 2 aromatic carbocycles. The summed E-state index contributed by atoms with van der Waals surface area (Å²) in [7, 11) is 2.51. The first kappa shape index (κ1) is 19.2. The molecule has 26 heavy (non-hydrogen) atoms. The van der Waals surface area contributed by atoms with Crippen molar-refractivity contribution >= 4 is 23.5 Å². The van der Waals surface area contributed by atoms with Gasteiger partial charge < -0.3 is 14.8 Å². The summed E-state index contributed by atoms with van der Waals surface area (Å²) in [4.78, 5) is 36.5. The SMILES string of the molecule is CC[C@H](C(=O)Nc1cc(C(=O)OC)ccc1C(=O)OC)c1ccccc1. The Kier molecular flexibility index (Phi) is 6.49. The van der Waals surface area contributed by atoms with Crippen molar-refractivity contribution in [3.63, 3.8) is 0 Å². The Morgan fingerprint density at radius 2 is 1.62 bits per heavy atom. The lowest BCUT2D eigenvalue weighted by Gasteiger charge is -2.17. The van der Waals surface area contributed by atoms with Crippen molar-refractivity contribution in [2.45, 2.75) is 19.3 Å². The summed E-state index contributed by atoms with van der Waals surface area (Å²) < 4.78 is 9.44. The minimum Gasteiger partial charge on any atom is -0.465 e. The maximum absolute atomic E-state index is 12.8. The molecule has 136 valence electrons. The van der Waals surface area contributed by atoms with E-state index in [1.807, 2.05) is 37.3 Å². The monoisotopic (exact) mass is 355 g/mol. The lowest BCUT2D eigenvalue weighted by molar-refractivity contribution is -0.117. The summed E-state index contributed by atoms with van der Waals surface area (Å²) in [6.45, 7) is 1.91. The van der Waals surface area contributed by atoms with Gasteiger partial charge in [-0.05, 0) is 30.2 Å². The van der Waals surface area contributed by atoms with Crippen LogP contribution in [0.3, 0.4) is 0 Å². The van der Waals surface area contributed by atoms with Crippen molar-refractivity contribution in [1.29, 1.82) is 0 Å². The van der Waals surface area contributed by atoms with Crippen LogP contribution < -0.4 is 5.32 Å². The molecule has 0 aromatic heterocycles. The van der Waals surface area contributed by atoms with Crippen molar-refractivity contribution in [1.82, 2.24) is 0 Å². The van der Waals surface area contributed by atoms with E-state index in [1.54, 1.807) is 0 Å². The van der Waals surface area contributed by atoms with E-state index in [-0.39, 0.29) is 28.6 Å². The van der Waals surface area contributed by atoms with Gasteiger partial charge in [0.25, 0.3) is 0 Å². The number of benzene rings is 2. The lowest BCUT2D eigenvalue weighted by Crippen LogP contribution is -2.22. The number of ether oxygens (including phenoxy) is 2. The van der Waals surface area contributed by atoms with Crippen LogP contribution in [0.5, 0.6) is 0 Å². The Morgan fingerprint density at radius 1 is 0.962 bits per heavy atom. The number of carbonyl (C=O) groups is 3. The summed E-state index contributed by atoms with van der Waals surface area (Å²) in [6, 6.07) is 13.6. The van der Waals surface area contributed by atoms with Gasteiger partial charge in [0, 0.05) is 0 Å². The van der Waals surface area contributed by atoms with Crippen molar-refractivity contribution in [3.8, 4) is 0 Å². The number of hydrogen-bond donors (Lipinski definition) is 1. The lowest BCUT2D eigenvalue weighted by atomic mass is 9.95. The Bertz CT molecular complexity index is 801. The number of esters is 2. The van der Waals surface area contributed by atoms with E-state index in [2.05, 4.69) is 5.32 Å². The van der Waals surface area contributed by atoms with E-state index in [9.17, 15) is 14.4 Å². The number of hydrogen-bond acceptors (Lipinski definition) is 5. The highest BCUT2D eigenvalue weighted by Crippen LogP contribution is 2.25. The molecule has 0 aliphatic rings. The summed E-state index contributed by atoms with van der Waals surface area (Å²) in [5.74, 6) is -1.83. The minimum absolute atomic E-state index is 0.163. The van der Waals surface area contributed by atoms with Gasteiger partial charge in [0.15, 0.2) is 0 Å². The van der Waals surface area contributed by atoms with Gasteiger partial charge in [-0.1, -0.05) is 37.3 Å². The molecule has 1 amide bonds. The zero-order valence-electron chi connectivity index (χ0n) is 14.9. The first-order chi connectivity index (χ1) is 12.5. The molecule has 0 heterocycles. The van der Waals surface area contributed by atoms with E-state index in [0.29, 0.717) is 6.42 Å². The molecular weight excluding hydrogens is 334 g/mol. The summed E-state index contributed by atoms with van der Waals surface area (Å²) in [6.07, 6.45) is 0.583. The first-order valence-electron chi connectivity index (χ1n) is 8.18. The zero-order valence-corrected chi connectivity index (χ0v) is 14.9. The summed E-state index contributed by atoms with van der Waals surface area (Å²) in [5.41, 5.74) is 1.47. The zero-order chi connectivity index (χ0) is 19.1. The molecule has 1 N–H and O–H groups in total. The second kappa shape index (κ2) is 8.80. The second-order valence-electron chi connectivity index (χ2n) is 5.60. The molecule has 0 unspecified atom stereocenters. The molecule has 0 aliphatic carbocycles. The van der Waals surface area contributed by atoms with Gasteiger partial charge >= 0.3 is 11.9 Å². The van der Waals surface area contributed by atoms with Crippen LogP contribution in [0.4, 0.5) is 5.69 Å². The highest BCUT2D eigenvalue weighted by atomic mass is 16.5. The van der Waals surface area contributed by atoms with Crippen molar-refractivity contribution in [2.24, 2.45) is 0 Å². The van der Waals surface area contributed by atoms with Gasteiger partial charge in [-0.3, -0.25) is 4.79 Å². The summed E-state index contributed by atoms with van der Waals surface area (Å²) in [5, 5.41) is 2.75. The van der Waals surface area contributed by atoms with E-state index < -0.39 is 11.9 Å². The van der Waals surface area contributed by atoms with Crippen LogP contribution in [0.25, 0.3) is 0 Å². The van der Waals surface area contributed by atoms with Crippen LogP contribution in [-0.4, -0.2) is 32.1 Å². The largest absolute Gasteiger partial charge is 0.465 e. The molecule has 6 nitrogen and oxygen atoms in total. The third-order valence-electron chi connectivity index (χ3n) is 4.03.